The Labute approximate surface area is 71.6 Å². The van der Waals surface area contributed by atoms with Gasteiger partial charge < -0.3 is 20.3 Å². The van der Waals surface area contributed by atoms with E-state index in [0.717, 1.165) is 12.8 Å². The first-order chi connectivity index (χ1) is 5.60. The van der Waals surface area contributed by atoms with Gasteiger partial charge in [0, 0.05) is 7.11 Å². The number of hydrogen-bond donors (Lipinski definition) is 2. The van der Waals surface area contributed by atoms with E-state index in [0.29, 0.717) is 13.2 Å². The molecule has 0 aromatic heterocycles. The molecule has 4 nitrogen and oxygen atoms in total. The van der Waals surface area contributed by atoms with Gasteiger partial charge in [-0.05, 0) is 12.8 Å². The predicted octanol–water partition coefficient (Wildman–Crippen LogP) is -0.746. The van der Waals surface area contributed by atoms with Gasteiger partial charge in [0.15, 0.2) is 0 Å². The molecule has 1 heterocycles. The third kappa shape index (κ3) is 0.925. The van der Waals surface area contributed by atoms with Crippen molar-refractivity contribution in [3.63, 3.8) is 0 Å². The van der Waals surface area contributed by atoms with Crippen LogP contribution in [0.1, 0.15) is 12.8 Å². The van der Waals surface area contributed by atoms with Crippen molar-refractivity contribution in [1.82, 2.24) is 0 Å². The molecule has 2 aliphatic rings. The third-order valence-corrected chi connectivity index (χ3v) is 3.13. The van der Waals surface area contributed by atoms with E-state index in [9.17, 15) is 5.11 Å². The zero-order valence-electron chi connectivity index (χ0n) is 7.25. The fourth-order valence-corrected chi connectivity index (χ4v) is 1.88. The largest absolute Gasteiger partial charge is 0.383 e. The van der Waals surface area contributed by atoms with E-state index in [1.165, 1.54) is 0 Å². The molecule has 0 unspecified atom stereocenters. The van der Waals surface area contributed by atoms with Crippen molar-refractivity contribution < 1.29 is 14.6 Å². The van der Waals surface area contributed by atoms with Crippen LogP contribution in [-0.4, -0.2) is 42.7 Å². The van der Waals surface area contributed by atoms with Crippen molar-refractivity contribution >= 4 is 0 Å². The lowest BCUT2D eigenvalue weighted by molar-refractivity contribution is -0.244. The van der Waals surface area contributed by atoms with Crippen molar-refractivity contribution in [2.24, 2.45) is 5.73 Å². The molecule has 4 heteroatoms. The molecule has 0 spiro atoms. The van der Waals surface area contributed by atoms with Crippen LogP contribution in [0.25, 0.3) is 0 Å². The molecule has 1 saturated heterocycles. The van der Waals surface area contributed by atoms with Crippen molar-refractivity contribution in [3.05, 3.63) is 0 Å². The lowest BCUT2D eigenvalue weighted by Gasteiger charge is -2.57. The Morgan fingerprint density at radius 2 is 2.08 bits per heavy atom. The summed E-state index contributed by atoms with van der Waals surface area (Å²) in [5.41, 5.74) is 4.74. The Kier molecular flexibility index (Phi) is 1.70. The lowest BCUT2D eigenvalue weighted by Crippen LogP contribution is -2.76. The molecule has 1 aliphatic carbocycles. The zero-order valence-corrected chi connectivity index (χ0v) is 7.25. The summed E-state index contributed by atoms with van der Waals surface area (Å²) in [6.45, 7) is 0.750. The molecule has 1 aliphatic heterocycles. The molecule has 0 bridgehead atoms. The van der Waals surface area contributed by atoms with E-state index < -0.39 is 11.1 Å². The molecule has 3 N–H and O–H groups in total. The minimum Gasteiger partial charge on any atom is -0.383 e. The Morgan fingerprint density at radius 1 is 1.50 bits per heavy atom. The van der Waals surface area contributed by atoms with Gasteiger partial charge in [-0.25, -0.2) is 0 Å². The maximum Gasteiger partial charge on any atom is 0.129 e. The highest BCUT2D eigenvalue weighted by atomic mass is 16.5. The Bertz CT molecular complexity index is 185. The third-order valence-electron chi connectivity index (χ3n) is 3.13. The molecular formula is C8H15NO3. The normalized spacial score (nSPS) is 44.8. The van der Waals surface area contributed by atoms with E-state index in [-0.39, 0.29) is 6.10 Å². The van der Waals surface area contributed by atoms with E-state index in [1.807, 2.05) is 0 Å². The number of methoxy groups -OCH3 is 1. The summed E-state index contributed by atoms with van der Waals surface area (Å²) in [6, 6.07) is 0. The highest BCUT2D eigenvalue weighted by Crippen LogP contribution is 2.43. The fraction of sp³-hybridized carbons (Fsp3) is 1.00. The second-order valence-corrected chi connectivity index (χ2v) is 3.95. The quantitative estimate of drug-likeness (QED) is 0.577. The average Bonchev–Trinajstić information content (AvgIpc) is 1.93. The van der Waals surface area contributed by atoms with Crippen LogP contribution in [0.5, 0.6) is 0 Å². The summed E-state index contributed by atoms with van der Waals surface area (Å²) in [4.78, 5) is 0. The maximum absolute atomic E-state index is 9.90. The lowest BCUT2D eigenvalue weighted by atomic mass is 9.63. The first-order valence-electron chi connectivity index (χ1n) is 4.21. The summed E-state index contributed by atoms with van der Waals surface area (Å²) in [6.07, 6.45) is 1.70. The van der Waals surface area contributed by atoms with E-state index >= 15 is 0 Å². The highest BCUT2D eigenvalue weighted by molar-refractivity contribution is 5.15. The smallest absolute Gasteiger partial charge is 0.129 e. The van der Waals surface area contributed by atoms with Gasteiger partial charge in [-0.3, -0.25) is 0 Å². The first kappa shape index (κ1) is 8.44. The topological polar surface area (TPSA) is 64.7 Å². The molecule has 2 fully saturated rings. The second kappa shape index (κ2) is 2.42. The zero-order chi connectivity index (χ0) is 8.82. The molecule has 70 valence electrons. The molecule has 0 amide bonds. The second-order valence-electron chi connectivity index (χ2n) is 3.95. The highest BCUT2D eigenvalue weighted by Gasteiger charge is 2.59. The number of nitrogens with two attached hydrogens (primary N) is 1. The van der Waals surface area contributed by atoms with Crippen LogP contribution in [-0.2, 0) is 9.47 Å². The summed E-state index contributed by atoms with van der Waals surface area (Å²) < 4.78 is 10.1. The minimum atomic E-state index is -0.790. The van der Waals surface area contributed by atoms with E-state index in [1.54, 1.807) is 7.11 Å². The predicted molar refractivity (Wildman–Crippen MR) is 42.7 cm³/mol. The average molecular weight is 173 g/mol. The van der Waals surface area contributed by atoms with Gasteiger partial charge >= 0.3 is 0 Å². The van der Waals surface area contributed by atoms with Crippen LogP contribution >= 0.6 is 0 Å². The van der Waals surface area contributed by atoms with Crippen molar-refractivity contribution in [2.45, 2.75) is 30.1 Å². The summed E-state index contributed by atoms with van der Waals surface area (Å²) >= 11 is 0. The maximum atomic E-state index is 9.90. The number of ether oxygens (including phenoxy) is 2. The van der Waals surface area contributed by atoms with Gasteiger partial charge in [-0.1, -0.05) is 0 Å². The molecule has 0 atom stereocenters. The summed E-state index contributed by atoms with van der Waals surface area (Å²) in [5.74, 6) is 0. The van der Waals surface area contributed by atoms with E-state index in [4.69, 9.17) is 15.2 Å². The van der Waals surface area contributed by atoms with Crippen LogP contribution < -0.4 is 5.73 Å². The molecule has 2 rings (SSSR count). The molecule has 0 radical (unpaired) electrons. The number of aliphatic hydroxyl groups is 1. The van der Waals surface area contributed by atoms with Crippen molar-refractivity contribution in [3.8, 4) is 0 Å². The molecule has 0 aromatic carbocycles. The van der Waals surface area contributed by atoms with Crippen molar-refractivity contribution in [2.75, 3.05) is 20.3 Å². The fourth-order valence-electron chi connectivity index (χ4n) is 1.88. The van der Waals surface area contributed by atoms with Crippen LogP contribution in [0, 0.1) is 0 Å². The summed E-state index contributed by atoms with van der Waals surface area (Å²) in [7, 11) is 1.67. The Morgan fingerprint density at radius 3 is 2.42 bits per heavy atom. The van der Waals surface area contributed by atoms with Gasteiger partial charge in [-0.15, -0.1) is 0 Å². The standard InChI is InChI=1S/C8H15NO3/c1-11-6-2-7(9,3-6)8(10)4-12-5-8/h6,10H,2-5,9H2,1H3. The minimum absolute atomic E-state index is 0.222. The van der Waals surface area contributed by atoms with E-state index in [2.05, 4.69) is 0 Å². The number of rotatable bonds is 2. The SMILES string of the molecule is COC1CC(N)(C2(O)COC2)C1. The molecule has 12 heavy (non-hydrogen) atoms. The first-order valence-corrected chi connectivity index (χ1v) is 4.21. The molecule has 1 saturated carbocycles. The Hall–Kier alpha value is -0.160. The van der Waals surface area contributed by atoms with Crippen molar-refractivity contribution in [1.29, 1.82) is 0 Å². The van der Waals surface area contributed by atoms with Crippen LogP contribution in [0.4, 0.5) is 0 Å². The molecular weight excluding hydrogens is 158 g/mol. The van der Waals surface area contributed by atoms with Gasteiger partial charge in [0.25, 0.3) is 0 Å². The van der Waals surface area contributed by atoms with Gasteiger partial charge in [-0.2, -0.15) is 0 Å². The molecule has 0 aromatic rings. The van der Waals surface area contributed by atoms with Gasteiger partial charge in [0.1, 0.15) is 5.60 Å². The van der Waals surface area contributed by atoms with Crippen LogP contribution in [0.2, 0.25) is 0 Å². The monoisotopic (exact) mass is 173 g/mol. The van der Waals surface area contributed by atoms with Gasteiger partial charge in [0.2, 0.25) is 0 Å². The van der Waals surface area contributed by atoms with Crippen LogP contribution in [0.15, 0.2) is 0 Å². The van der Waals surface area contributed by atoms with Crippen LogP contribution in [0.3, 0.4) is 0 Å². The Balaban J connectivity index is 1.96. The summed E-state index contributed by atoms with van der Waals surface area (Å²) in [5, 5.41) is 9.90. The number of hydrogen-bond acceptors (Lipinski definition) is 4. The van der Waals surface area contributed by atoms with Gasteiger partial charge in [0.05, 0.1) is 24.9 Å².